The molecule has 7 nitrogen and oxygen atoms in total. The van der Waals surface area contributed by atoms with Crippen LogP contribution in [0.25, 0.3) is 6.08 Å². The molecule has 1 saturated heterocycles. The fourth-order valence-corrected chi connectivity index (χ4v) is 2.54. The van der Waals surface area contributed by atoms with Crippen LogP contribution in [-0.2, 0) is 9.59 Å². The highest BCUT2D eigenvalue weighted by Crippen LogP contribution is 2.33. The van der Waals surface area contributed by atoms with Gasteiger partial charge < -0.3 is 9.47 Å². The first kappa shape index (κ1) is 17.0. The van der Waals surface area contributed by atoms with Crippen molar-refractivity contribution in [1.82, 2.24) is 5.43 Å². The van der Waals surface area contributed by atoms with Crippen LogP contribution in [0.3, 0.4) is 0 Å². The maximum atomic E-state index is 12.7. The molecule has 1 aliphatic heterocycles. The molecule has 1 N–H and O–H groups in total. The summed E-state index contributed by atoms with van der Waals surface area (Å²) in [6.45, 7) is -0.188. The number of amides is 2. The van der Waals surface area contributed by atoms with Crippen molar-refractivity contribution < 1.29 is 19.1 Å². The number of ether oxygens (including phenoxy) is 2. The molecule has 0 unspecified atom stereocenters. The molecule has 0 saturated carbocycles. The quantitative estimate of drug-likeness (QED) is 0.659. The monoisotopic (exact) mass is 349 g/mol. The van der Waals surface area contributed by atoms with Crippen molar-refractivity contribution in [3.63, 3.8) is 0 Å². The van der Waals surface area contributed by atoms with E-state index in [2.05, 4.69) is 5.43 Å². The van der Waals surface area contributed by atoms with Crippen molar-refractivity contribution in [2.24, 2.45) is 0 Å². The Morgan fingerprint density at radius 2 is 1.92 bits per heavy atom. The van der Waals surface area contributed by atoms with Crippen LogP contribution in [0.15, 0.2) is 54.1 Å². The fourth-order valence-electron chi connectivity index (χ4n) is 2.54. The first-order chi connectivity index (χ1) is 12.7. The lowest BCUT2D eigenvalue weighted by Gasteiger charge is -2.14. The summed E-state index contributed by atoms with van der Waals surface area (Å²) in [5.41, 5.74) is 3.52. The van der Waals surface area contributed by atoms with Gasteiger partial charge in [0.1, 0.15) is 11.6 Å². The first-order valence-corrected chi connectivity index (χ1v) is 7.74. The van der Waals surface area contributed by atoms with Gasteiger partial charge in [-0.05, 0) is 24.3 Å². The van der Waals surface area contributed by atoms with Crippen molar-refractivity contribution in [2.45, 2.75) is 0 Å². The maximum absolute atomic E-state index is 12.7. The molecule has 26 heavy (non-hydrogen) atoms. The summed E-state index contributed by atoms with van der Waals surface area (Å²) in [6, 6.07) is 15.7. The lowest BCUT2D eigenvalue weighted by molar-refractivity contribution is -0.117. The van der Waals surface area contributed by atoms with E-state index in [0.717, 1.165) is 0 Å². The molecular weight excluding hydrogens is 334 g/mol. The van der Waals surface area contributed by atoms with Gasteiger partial charge in [0.15, 0.2) is 18.1 Å². The lowest BCUT2D eigenvalue weighted by atomic mass is 10.1. The third kappa shape index (κ3) is 3.21. The zero-order chi connectivity index (χ0) is 18.5. The highest BCUT2D eigenvalue weighted by atomic mass is 16.5. The summed E-state index contributed by atoms with van der Waals surface area (Å²) in [6.07, 6.45) is 1.43. The van der Waals surface area contributed by atoms with Crippen molar-refractivity contribution in [3.05, 3.63) is 59.7 Å². The summed E-state index contributed by atoms with van der Waals surface area (Å²) in [5.74, 6) is -0.300. The zero-order valence-electron chi connectivity index (χ0n) is 13.9. The SMILES string of the molecule is COc1cccc(/C=C2\C(=O)NN(c3ccccc3)C2=O)c1OCC#N. The smallest absolute Gasteiger partial charge is 0.282 e. The zero-order valence-corrected chi connectivity index (χ0v) is 13.9. The minimum absolute atomic E-state index is 0.0380. The van der Waals surface area contributed by atoms with E-state index < -0.39 is 11.8 Å². The third-order valence-electron chi connectivity index (χ3n) is 3.72. The molecule has 0 aromatic heterocycles. The third-order valence-corrected chi connectivity index (χ3v) is 3.72. The number of benzene rings is 2. The van der Waals surface area contributed by atoms with Gasteiger partial charge >= 0.3 is 0 Å². The van der Waals surface area contributed by atoms with E-state index in [9.17, 15) is 9.59 Å². The Balaban J connectivity index is 1.99. The van der Waals surface area contributed by atoms with Crippen LogP contribution in [0.4, 0.5) is 5.69 Å². The van der Waals surface area contributed by atoms with Gasteiger partial charge in [0.2, 0.25) is 0 Å². The lowest BCUT2D eigenvalue weighted by Crippen LogP contribution is -2.35. The molecule has 2 amide bonds. The van der Waals surface area contributed by atoms with E-state index in [1.807, 2.05) is 12.1 Å². The molecule has 0 aliphatic carbocycles. The number of nitrogens with zero attached hydrogens (tertiary/aromatic N) is 2. The topological polar surface area (TPSA) is 91.7 Å². The largest absolute Gasteiger partial charge is 0.493 e. The second-order valence-electron chi connectivity index (χ2n) is 5.30. The second-order valence-corrected chi connectivity index (χ2v) is 5.30. The average Bonchev–Trinajstić information content (AvgIpc) is 2.95. The van der Waals surface area contributed by atoms with Crippen LogP contribution in [-0.4, -0.2) is 25.5 Å². The van der Waals surface area contributed by atoms with Crippen LogP contribution in [0.2, 0.25) is 0 Å². The Labute approximate surface area is 150 Å². The van der Waals surface area contributed by atoms with Crippen LogP contribution in [0.5, 0.6) is 11.5 Å². The number of hydrogen-bond acceptors (Lipinski definition) is 5. The molecule has 1 heterocycles. The van der Waals surface area contributed by atoms with E-state index in [1.54, 1.807) is 42.5 Å². The van der Waals surface area contributed by atoms with Crippen molar-refractivity contribution >= 4 is 23.6 Å². The first-order valence-electron chi connectivity index (χ1n) is 7.74. The van der Waals surface area contributed by atoms with Gasteiger partial charge in [-0.25, -0.2) is 5.01 Å². The standard InChI is InChI=1S/C19H15N3O4/c1-25-16-9-5-6-13(17(16)26-11-10-20)12-15-18(23)21-22(19(15)24)14-7-3-2-4-8-14/h2-9,12H,11H2,1H3,(H,21,23)/b15-12+. The Bertz CT molecular complexity index is 916. The van der Waals surface area contributed by atoms with Gasteiger partial charge in [-0.15, -0.1) is 0 Å². The number of hydrazine groups is 1. The second kappa shape index (κ2) is 7.40. The number of nitrogens with one attached hydrogen (secondary N) is 1. The van der Waals surface area contributed by atoms with Gasteiger partial charge in [-0.3, -0.25) is 15.0 Å². The Morgan fingerprint density at radius 1 is 1.15 bits per heavy atom. The highest BCUT2D eigenvalue weighted by molar-refractivity contribution is 6.31. The van der Waals surface area contributed by atoms with Gasteiger partial charge in [0, 0.05) is 5.56 Å². The van der Waals surface area contributed by atoms with E-state index >= 15 is 0 Å². The number of carbonyl (C=O) groups is 2. The summed E-state index contributed by atoms with van der Waals surface area (Å²) in [5, 5.41) is 9.94. The van der Waals surface area contributed by atoms with Crippen molar-refractivity contribution in [1.29, 1.82) is 5.26 Å². The minimum Gasteiger partial charge on any atom is -0.493 e. The predicted octanol–water partition coefficient (Wildman–Crippen LogP) is 2.06. The van der Waals surface area contributed by atoms with Crippen molar-refractivity contribution in [2.75, 3.05) is 18.7 Å². The van der Waals surface area contributed by atoms with Gasteiger partial charge in [-0.1, -0.05) is 30.3 Å². The summed E-state index contributed by atoms with van der Waals surface area (Å²) in [7, 11) is 1.47. The number of carbonyl (C=O) groups excluding carboxylic acids is 2. The van der Waals surface area contributed by atoms with E-state index in [-0.39, 0.29) is 12.2 Å². The Hall–Kier alpha value is -3.79. The number of methoxy groups -OCH3 is 1. The Morgan fingerprint density at radius 3 is 2.62 bits per heavy atom. The van der Waals surface area contributed by atoms with E-state index in [4.69, 9.17) is 14.7 Å². The molecule has 2 aromatic carbocycles. The summed E-state index contributed by atoms with van der Waals surface area (Å²) < 4.78 is 10.6. The molecule has 3 rings (SSSR count). The molecule has 130 valence electrons. The van der Waals surface area contributed by atoms with Gasteiger partial charge in [-0.2, -0.15) is 5.26 Å². The minimum atomic E-state index is -0.520. The molecule has 0 spiro atoms. The molecule has 0 atom stereocenters. The summed E-state index contributed by atoms with van der Waals surface area (Å²) in [4.78, 5) is 24.9. The predicted molar refractivity (Wildman–Crippen MR) is 94.1 cm³/mol. The molecule has 0 bridgehead atoms. The molecular formula is C19H15N3O4. The van der Waals surface area contributed by atoms with Crippen molar-refractivity contribution in [3.8, 4) is 17.6 Å². The van der Waals surface area contributed by atoms with E-state index in [0.29, 0.717) is 22.7 Å². The van der Waals surface area contributed by atoms with Crippen LogP contribution in [0.1, 0.15) is 5.56 Å². The number of anilines is 1. The fraction of sp³-hybridized carbons (Fsp3) is 0.105. The molecule has 1 aliphatic rings. The molecule has 7 heteroatoms. The van der Waals surface area contributed by atoms with E-state index in [1.165, 1.54) is 18.2 Å². The average molecular weight is 349 g/mol. The normalized spacial score (nSPS) is 14.9. The highest BCUT2D eigenvalue weighted by Gasteiger charge is 2.34. The Kier molecular flexibility index (Phi) is 4.85. The number of rotatable bonds is 5. The molecule has 2 aromatic rings. The van der Waals surface area contributed by atoms with Gasteiger partial charge in [0.25, 0.3) is 11.8 Å². The molecule has 1 fully saturated rings. The molecule has 0 radical (unpaired) electrons. The summed E-state index contributed by atoms with van der Waals surface area (Å²) >= 11 is 0. The number of hydrogen-bond donors (Lipinski definition) is 1. The van der Waals surface area contributed by atoms with Crippen LogP contribution in [0, 0.1) is 11.3 Å². The van der Waals surface area contributed by atoms with Crippen LogP contribution >= 0.6 is 0 Å². The van der Waals surface area contributed by atoms with Crippen LogP contribution < -0.4 is 19.9 Å². The number of nitriles is 1. The van der Waals surface area contributed by atoms with Gasteiger partial charge in [0.05, 0.1) is 12.8 Å². The number of para-hydroxylation sites is 2. The maximum Gasteiger partial charge on any atom is 0.282 e.